The van der Waals surface area contributed by atoms with E-state index in [0.717, 1.165) is 0 Å². The summed E-state index contributed by atoms with van der Waals surface area (Å²) in [7, 11) is -3.61. The van der Waals surface area contributed by atoms with Gasteiger partial charge in [0.05, 0.1) is 6.10 Å². The van der Waals surface area contributed by atoms with Gasteiger partial charge in [0.1, 0.15) is 23.2 Å². The normalized spacial score (nSPS) is 38.2. The summed E-state index contributed by atoms with van der Waals surface area (Å²) in [5.74, 6) is -0.320. The summed E-state index contributed by atoms with van der Waals surface area (Å²) in [6, 6.07) is 0. The lowest BCUT2D eigenvalue weighted by Crippen LogP contribution is -2.42. The summed E-state index contributed by atoms with van der Waals surface area (Å²) in [5.41, 5.74) is 0.610. The van der Waals surface area contributed by atoms with Gasteiger partial charge in [0, 0.05) is 0 Å². The van der Waals surface area contributed by atoms with Crippen molar-refractivity contribution in [2.75, 3.05) is 6.61 Å². The molecule has 0 aromatic carbocycles. The molecule has 3 rings (SSSR count). The SMILES string of the molecule is C=C(C)C(=C)OCC(=O)OC1C2CC3C(O2)C1OS3(=O)=O. The van der Waals surface area contributed by atoms with E-state index in [1.807, 2.05) is 0 Å². The second-order valence-corrected chi connectivity index (χ2v) is 7.20. The number of rotatable bonds is 5. The fourth-order valence-electron chi connectivity index (χ4n) is 2.82. The standard InChI is InChI=1S/C13H16O7S/c1-6(2)7(3)17-5-10(14)19-11-8-4-9-12(18-8)13(11)20-21(9,15)16/h8-9,11-13H,1,3-5H2,2H3. The van der Waals surface area contributed by atoms with Crippen LogP contribution in [0.2, 0.25) is 0 Å². The Hall–Kier alpha value is -1.38. The molecule has 3 aliphatic heterocycles. The van der Waals surface area contributed by atoms with E-state index in [9.17, 15) is 13.2 Å². The second kappa shape index (κ2) is 4.82. The fourth-order valence-corrected chi connectivity index (χ4v) is 4.47. The highest BCUT2D eigenvalue weighted by atomic mass is 32.2. The van der Waals surface area contributed by atoms with Gasteiger partial charge < -0.3 is 14.2 Å². The summed E-state index contributed by atoms with van der Waals surface area (Å²) >= 11 is 0. The molecule has 3 fully saturated rings. The molecule has 5 atom stereocenters. The van der Waals surface area contributed by atoms with Crippen molar-refractivity contribution >= 4 is 16.1 Å². The highest BCUT2D eigenvalue weighted by Gasteiger charge is 2.67. The van der Waals surface area contributed by atoms with E-state index in [1.165, 1.54) is 0 Å². The summed E-state index contributed by atoms with van der Waals surface area (Å²) < 4.78 is 44.3. The number of fused-ring (bicyclic) bond motifs is 1. The van der Waals surface area contributed by atoms with Crippen LogP contribution in [0.5, 0.6) is 0 Å². The summed E-state index contributed by atoms with van der Waals surface area (Å²) in [6.07, 6.45) is -2.13. The number of hydrogen-bond donors (Lipinski definition) is 0. The summed E-state index contributed by atoms with van der Waals surface area (Å²) in [4.78, 5) is 11.8. The van der Waals surface area contributed by atoms with Crippen LogP contribution in [-0.4, -0.2) is 50.7 Å². The van der Waals surface area contributed by atoms with Crippen LogP contribution in [0.4, 0.5) is 0 Å². The molecule has 0 radical (unpaired) electrons. The van der Waals surface area contributed by atoms with Gasteiger partial charge in [0.25, 0.3) is 10.1 Å². The van der Waals surface area contributed by atoms with Crippen LogP contribution in [0, 0.1) is 0 Å². The van der Waals surface area contributed by atoms with E-state index in [-0.39, 0.29) is 6.61 Å². The minimum absolute atomic E-state index is 0.292. The third kappa shape index (κ3) is 2.37. The van der Waals surface area contributed by atoms with Gasteiger partial charge >= 0.3 is 5.97 Å². The Labute approximate surface area is 122 Å². The zero-order valence-corrected chi connectivity index (χ0v) is 12.3. The zero-order chi connectivity index (χ0) is 15.4. The van der Waals surface area contributed by atoms with Crippen LogP contribution in [0.25, 0.3) is 0 Å². The molecule has 5 unspecified atom stereocenters. The average Bonchev–Trinajstić information content (AvgIpc) is 2.99. The van der Waals surface area contributed by atoms with E-state index >= 15 is 0 Å². The van der Waals surface area contributed by atoms with Crippen LogP contribution in [0.15, 0.2) is 24.5 Å². The monoisotopic (exact) mass is 316 g/mol. The van der Waals surface area contributed by atoms with E-state index in [4.69, 9.17) is 18.4 Å². The zero-order valence-electron chi connectivity index (χ0n) is 11.5. The maximum atomic E-state index is 11.8. The molecule has 2 bridgehead atoms. The lowest BCUT2D eigenvalue weighted by molar-refractivity contribution is -0.158. The maximum absolute atomic E-state index is 11.8. The molecule has 0 N–H and O–H groups in total. The molecule has 0 amide bonds. The minimum atomic E-state index is -3.61. The van der Waals surface area contributed by atoms with Gasteiger partial charge in [-0.05, 0) is 18.9 Å². The minimum Gasteiger partial charge on any atom is -0.482 e. The molecule has 3 saturated heterocycles. The van der Waals surface area contributed by atoms with Gasteiger partial charge in [-0.3, -0.25) is 4.18 Å². The molecular formula is C13H16O7S. The third-order valence-corrected chi connectivity index (χ3v) is 5.59. The number of carbonyl (C=O) groups excluding carboxylic acids is 1. The number of carbonyl (C=O) groups is 1. The average molecular weight is 316 g/mol. The predicted octanol–water partition coefficient (Wildman–Crippen LogP) is 0.273. The third-order valence-electron chi connectivity index (χ3n) is 3.90. The smallest absolute Gasteiger partial charge is 0.344 e. The van der Waals surface area contributed by atoms with E-state index in [2.05, 4.69) is 13.2 Å². The molecule has 116 valence electrons. The molecule has 0 aromatic heterocycles. The highest BCUT2D eigenvalue weighted by molar-refractivity contribution is 7.87. The molecule has 3 heterocycles. The summed E-state index contributed by atoms with van der Waals surface area (Å²) in [5, 5.41) is -0.637. The Balaban J connectivity index is 1.59. The molecule has 0 aliphatic carbocycles. The second-order valence-electron chi connectivity index (χ2n) is 5.41. The first-order chi connectivity index (χ1) is 9.79. The van der Waals surface area contributed by atoms with Crippen LogP contribution in [0.3, 0.4) is 0 Å². The Kier molecular flexibility index (Phi) is 3.34. The van der Waals surface area contributed by atoms with Crippen molar-refractivity contribution in [1.29, 1.82) is 0 Å². The van der Waals surface area contributed by atoms with Gasteiger partial charge in [-0.15, -0.1) is 0 Å². The largest absolute Gasteiger partial charge is 0.482 e. The lowest BCUT2D eigenvalue weighted by Gasteiger charge is -2.22. The van der Waals surface area contributed by atoms with Gasteiger partial charge in [-0.1, -0.05) is 13.2 Å². The number of hydrogen-bond acceptors (Lipinski definition) is 7. The number of allylic oxidation sites excluding steroid dienone is 1. The van der Waals surface area contributed by atoms with Crippen molar-refractivity contribution in [2.45, 2.75) is 43.0 Å². The molecule has 0 spiro atoms. The summed E-state index contributed by atoms with van der Waals surface area (Å²) in [6.45, 7) is 8.61. The molecular weight excluding hydrogens is 300 g/mol. The molecule has 21 heavy (non-hydrogen) atoms. The van der Waals surface area contributed by atoms with Gasteiger partial charge in [-0.25, -0.2) is 4.79 Å². The molecule has 0 saturated carbocycles. The van der Waals surface area contributed by atoms with Crippen LogP contribution in [-0.2, 0) is 33.3 Å². The van der Waals surface area contributed by atoms with Crippen molar-refractivity contribution in [3.05, 3.63) is 24.5 Å². The van der Waals surface area contributed by atoms with E-state index in [0.29, 0.717) is 17.8 Å². The number of ether oxygens (including phenoxy) is 3. The van der Waals surface area contributed by atoms with Crippen LogP contribution < -0.4 is 0 Å². The highest BCUT2D eigenvalue weighted by Crippen LogP contribution is 2.47. The number of esters is 1. The van der Waals surface area contributed by atoms with Crippen molar-refractivity contribution in [2.24, 2.45) is 0 Å². The molecule has 7 nitrogen and oxygen atoms in total. The molecule has 8 heteroatoms. The molecule has 3 aliphatic rings. The topological polar surface area (TPSA) is 88.1 Å². The fraction of sp³-hybridized carbons (Fsp3) is 0.615. The van der Waals surface area contributed by atoms with E-state index < -0.39 is 45.8 Å². The van der Waals surface area contributed by atoms with Crippen LogP contribution >= 0.6 is 0 Å². The predicted molar refractivity (Wildman–Crippen MR) is 70.6 cm³/mol. The Morgan fingerprint density at radius 2 is 2.05 bits per heavy atom. The first-order valence-electron chi connectivity index (χ1n) is 6.54. The first kappa shape index (κ1) is 14.6. The lowest BCUT2D eigenvalue weighted by atomic mass is 9.94. The van der Waals surface area contributed by atoms with Crippen LogP contribution in [0.1, 0.15) is 13.3 Å². The quantitative estimate of drug-likeness (QED) is 0.311. The van der Waals surface area contributed by atoms with Crippen molar-refractivity contribution in [3.63, 3.8) is 0 Å². The van der Waals surface area contributed by atoms with Gasteiger partial charge in [-0.2, -0.15) is 8.42 Å². The molecule has 0 aromatic rings. The van der Waals surface area contributed by atoms with Crippen molar-refractivity contribution in [1.82, 2.24) is 0 Å². The first-order valence-corrected chi connectivity index (χ1v) is 8.01. The Morgan fingerprint density at radius 1 is 1.33 bits per heavy atom. The van der Waals surface area contributed by atoms with Crippen molar-refractivity contribution < 1.29 is 31.6 Å². The van der Waals surface area contributed by atoms with E-state index in [1.54, 1.807) is 6.92 Å². The Bertz CT molecular complexity index is 608. The van der Waals surface area contributed by atoms with Gasteiger partial charge in [0.15, 0.2) is 12.7 Å². The maximum Gasteiger partial charge on any atom is 0.344 e. The van der Waals surface area contributed by atoms with Gasteiger partial charge in [0.2, 0.25) is 0 Å². The van der Waals surface area contributed by atoms with Crippen molar-refractivity contribution in [3.8, 4) is 0 Å². The Morgan fingerprint density at radius 3 is 2.71 bits per heavy atom.